The van der Waals surface area contributed by atoms with Crippen molar-refractivity contribution in [3.63, 3.8) is 0 Å². The summed E-state index contributed by atoms with van der Waals surface area (Å²) in [4.78, 5) is 4.56. The van der Waals surface area contributed by atoms with Crippen LogP contribution in [0.5, 0.6) is 0 Å². The number of aliphatic imine (C=N–C) groups is 1. The van der Waals surface area contributed by atoms with E-state index in [2.05, 4.69) is 24.0 Å². The van der Waals surface area contributed by atoms with E-state index in [1.165, 1.54) is 12.8 Å². The van der Waals surface area contributed by atoms with Crippen LogP contribution in [-0.2, 0) is 0 Å². The quantitative estimate of drug-likeness (QED) is 0.576. The normalized spacial score (nSPS) is 29.6. The number of oxime groups is 1. The minimum atomic E-state index is -0.0539. The van der Waals surface area contributed by atoms with Crippen molar-refractivity contribution in [2.75, 3.05) is 0 Å². The Hall–Kier alpha value is -0.510. The van der Waals surface area contributed by atoms with Crippen LogP contribution in [0.25, 0.3) is 0 Å². The van der Waals surface area contributed by atoms with Gasteiger partial charge >= 0.3 is 0 Å². The molecule has 0 aromatic rings. The monoisotopic (exact) mass is 214 g/mol. The van der Waals surface area contributed by atoms with Crippen LogP contribution in [-0.4, -0.2) is 20.8 Å². The van der Waals surface area contributed by atoms with Crippen molar-refractivity contribution in [3.05, 3.63) is 0 Å². The third-order valence-electron chi connectivity index (χ3n) is 2.53. The molecule has 1 N–H and O–H groups in total. The number of unbranched alkanes of at least 4 members (excludes halogenated alkanes) is 1. The van der Waals surface area contributed by atoms with Crippen molar-refractivity contribution in [3.8, 4) is 0 Å². The number of hydrogen-bond donors (Lipinski definition) is 1. The molecule has 1 aliphatic heterocycles. The Morgan fingerprint density at radius 2 is 2.21 bits per heavy atom. The smallest absolute Gasteiger partial charge is 0.158 e. The molecule has 0 saturated carbocycles. The third-order valence-corrected chi connectivity index (χ3v) is 4.07. The molecule has 14 heavy (non-hydrogen) atoms. The van der Waals surface area contributed by atoms with Gasteiger partial charge in [-0.2, -0.15) is 0 Å². The van der Waals surface area contributed by atoms with E-state index in [-0.39, 0.29) is 4.87 Å². The zero-order valence-corrected chi connectivity index (χ0v) is 9.89. The summed E-state index contributed by atoms with van der Waals surface area (Å²) < 4.78 is 0. The highest BCUT2D eigenvalue weighted by Gasteiger charge is 2.36. The lowest BCUT2D eigenvalue weighted by atomic mass is 10.1. The maximum absolute atomic E-state index is 8.78. The summed E-state index contributed by atoms with van der Waals surface area (Å²) in [6.45, 7) is 6.23. The number of thioether (sulfide) groups is 1. The van der Waals surface area contributed by atoms with Gasteiger partial charge in [0, 0.05) is 0 Å². The van der Waals surface area contributed by atoms with E-state index >= 15 is 0 Å². The molecule has 80 valence electrons. The van der Waals surface area contributed by atoms with Gasteiger partial charge < -0.3 is 5.21 Å². The molecule has 1 aliphatic rings. The van der Waals surface area contributed by atoms with Crippen molar-refractivity contribution in [1.29, 1.82) is 0 Å². The van der Waals surface area contributed by atoms with E-state index in [4.69, 9.17) is 5.21 Å². The molecule has 0 aromatic carbocycles. The summed E-state index contributed by atoms with van der Waals surface area (Å²) in [6, 6.07) is 0. The SMILES string of the molecule is CCCCC1(CC)N=C(C)C(=NO)S1. The first-order valence-corrected chi connectivity index (χ1v) is 5.97. The van der Waals surface area contributed by atoms with Crippen LogP contribution in [0.3, 0.4) is 0 Å². The standard InChI is InChI=1S/C10H18N2OS/c1-4-6-7-10(5-2)11-8(3)9(12-13)14-10/h13H,4-7H2,1-3H3. The highest BCUT2D eigenvalue weighted by Crippen LogP contribution is 2.41. The molecule has 0 aliphatic carbocycles. The first-order valence-electron chi connectivity index (χ1n) is 5.15. The Morgan fingerprint density at radius 3 is 2.64 bits per heavy atom. The summed E-state index contributed by atoms with van der Waals surface area (Å²) in [6.07, 6.45) is 4.42. The average molecular weight is 214 g/mol. The number of hydrogen-bond acceptors (Lipinski definition) is 4. The average Bonchev–Trinajstić information content (AvgIpc) is 2.53. The third kappa shape index (κ3) is 2.29. The van der Waals surface area contributed by atoms with E-state index in [0.717, 1.165) is 18.6 Å². The van der Waals surface area contributed by atoms with Crippen molar-refractivity contribution in [2.45, 2.75) is 51.3 Å². The molecule has 0 radical (unpaired) electrons. The largest absolute Gasteiger partial charge is 0.410 e. The lowest BCUT2D eigenvalue weighted by Gasteiger charge is -2.22. The molecular formula is C10H18N2OS. The van der Waals surface area contributed by atoms with E-state index < -0.39 is 0 Å². The van der Waals surface area contributed by atoms with Crippen LogP contribution < -0.4 is 0 Å². The second-order valence-electron chi connectivity index (χ2n) is 3.61. The molecule has 0 fully saturated rings. The molecule has 1 unspecified atom stereocenters. The highest BCUT2D eigenvalue weighted by atomic mass is 32.2. The predicted octanol–water partition coefficient (Wildman–Crippen LogP) is 3.28. The van der Waals surface area contributed by atoms with Gasteiger partial charge in [0.05, 0.1) is 5.71 Å². The molecular weight excluding hydrogens is 196 g/mol. The number of nitrogens with zero attached hydrogens (tertiary/aromatic N) is 2. The van der Waals surface area contributed by atoms with Gasteiger partial charge in [-0.05, 0) is 19.8 Å². The van der Waals surface area contributed by atoms with E-state index in [0.29, 0.717) is 5.04 Å². The summed E-state index contributed by atoms with van der Waals surface area (Å²) in [5.74, 6) is 0. The van der Waals surface area contributed by atoms with Crippen molar-refractivity contribution < 1.29 is 5.21 Å². The zero-order valence-electron chi connectivity index (χ0n) is 9.08. The lowest BCUT2D eigenvalue weighted by Crippen LogP contribution is -2.18. The minimum absolute atomic E-state index is 0.0539. The fourth-order valence-corrected chi connectivity index (χ4v) is 2.78. The van der Waals surface area contributed by atoms with Gasteiger partial charge in [-0.15, -0.1) is 0 Å². The molecule has 0 amide bonds. The summed E-state index contributed by atoms with van der Waals surface area (Å²) in [5, 5.41) is 12.7. The second kappa shape index (κ2) is 4.82. The van der Waals surface area contributed by atoms with E-state index in [1.807, 2.05) is 6.92 Å². The molecule has 1 rings (SSSR count). The van der Waals surface area contributed by atoms with E-state index in [9.17, 15) is 0 Å². The Morgan fingerprint density at radius 1 is 1.50 bits per heavy atom. The second-order valence-corrected chi connectivity index (χ2v) is 4.96. The van der Waals surface area contributed by atoms with E-state index in [1.54, 1.807) is 11.8 Å². The molecule has 0 spiro atoms. The first kappa shape index (κ1) is 11.6. The number of rotatable bonds is 4. The van der Waals surface area contributed by atoms with Gasteiger partial charge in [0.1, 0.15) is 4.87 Å². The fraction of sp³-hybridized carbons (Fsp3) is 0.800. The van der Waals surface area contributed by atoms with Crippen LogP contribution in [0, 0.1) is 0 Å². The maximum Gasteiger partial charge on any atom is 0.158 e. The summed E-state index contributed by atoms with van der Waals surface area (Å²) >= 11 is 1.60. The van der Waals surface area contributed by atoms with Crippen LogP contribution in [0.1, 0.15) is 46.5 Å². The van der Waals surface area contributed by atoms with Gasteiger partial charge in [-0.3, -0.25) is 4.99 Å². The van der Waals surface area contributed by atoms with Gasteiger partial charge in [-0.25, -0.2) is 0 Å². The first-order chi connectivity index (χ1) is 6.67. The minimum Gasteiger partial charge on any atom is -0.410 e. The molecule has 1 atom stereocenters. The van der Waals surface area contributed by atoms with Gasteiger partial charge in [0.15, 0.2) is 5.04 Å². The Labute approximate surface area is 89.7 Å². The van der Waals surface area contributed by atoms with Crippen LogP contribution >= 0.6 is 11.8 Å². The van der Waals surface area contributed by atoms with Crippen molar-refractivity contribution in [2.24, 2.45) is 10.1 Å². The predicted molar refractivity (Wildman–Crippen MR) is 62.5 cm³/mol. The van der Waals surface area contributed by atoms with Crippen LogP contribution in [0.15, 0.2) is 10.1 Å². The fourth-order valence-electron chi connectivity index (χ4n) is 1.61. The lowest BCUT2D eigenvalue weighted by molar-refractivity contribution is 0.321. The Balaban J connectivity index is 2.75. The Bertz CT molecular complexity index is 263. The molecule has 0 aromatic heterocycles. The Kier molecular flexibility index (Phi) is 3.98. The zero-order chi connectivity index (χ0) is 10.6. The molecule has 0 saturated heterocycles. The summed E-state index contributed by atoms with van der Waals surface area (Å²) in [7, 11) is 0. The van der Waals surface area contributed by atoms with Gasteiger partial charge in [0.25, 0.3) is 0 Å². The van der Waals surface area contributed by atoms with Crippen LogP contribution in [0.4, 0.5) is 0 Å². The maximum atomic E-state index is 8.78. The topological polar surface area (TPSA) is 45.0 Å². The molecule has 1 heterocycles. The highest BCUT2D eigenvalue weighted by molar-refractivity contribution is 8.17. The molecule has 4 heteroatoms. The molecule has 0 bridgehead atoms. The van der Waals surface area contributed by atoms with Crippen molar-refractivity contribution in [1.82, 2.24) is 0 Å². The summed E-state index contributed by atoms with van der Waals surface area (Å²) in [5.41, 5.74) is 0.871. The molecule has 3 nitrogen and oxygen atoms in total. The van der Waals surface area contributed by atoms with Gasteiger partial charge in [0.2, 0.25) is 0 Å². The van der Waals surface area contributed by atoms with Gasteiger partial charge in [-0.1, -0.05) is 43.6 Å². The van der Waals surface area contributed by atoms with Crippen molar-refractivity contribution >= 4 is 22.5 Å². The van der Waals surface area contributed by atoms with Crippen LogP contribution in [0.2, 0.25) is 0 Å².